The van der Waals surface area contributed by atoms with Crippen LogP contribution >= 0.6 is 0 Å². The van der Waals surface area contributed by atoms with Crippen LogP contribution < -0.4 is 10.6 Å². The van der Waals surface area contributed by atoms with E-state index in [2.05, 4.69) is 33.9 Å². The Kier molecular flexibility index (Phi) is 2.73. The molecular weight excluding hydrogens is 190 g/mol. The molecule has 0 aliphatic carbocycles. The quantitative estimate of drug-likeness (QED) is 0.750. The maximum absolute atomic E-state index is 5.56. The van der Waals surface area contributed by atoms with Gasteiger partial charge in [-0.3, -0.25) is 0 Å². The van der Waals surface area contributed by atoms with E-state index in [1.54, 1.807) is 6.20 Å². The summed E-state index contributed by atoms with van der Waals surface area (Å²) in [5.41, 5.74) is 5.56. The van der Waals surface area contributed by atoms with E-state index < -0.39 is 0 Å². The summed E-state index contributed by atoms with van der Waals surface area (Å²) in [6.07, 6.45) is 2.89. The van der Waals surface area contributed by atoms with Gasteiger partial charge in [-0.05, 0) is 26.6 Å². The minimum absolute atomic E-state index is 0.348. The first-order valence-corrected chi connectivity index (χ1v) is 5.16. The second kappa shape index (κ2) is 4.02. The maximum atomic E-state index is 5.56. The van der Waals surface area contributed by atoms with Crippen molar-refractivity contribution in [2.75, 3.05) is 37.8 Å². The molecule has 1 atom stereocenters. The topological polar surface area (TPSA) is 58.3 Å². The molecule has 1 fully saturated rings. The molecule has 2 N–H and O–H groups in total. The smallest absolute Gasteiger partial charge is 0.221 e. The maximum Gasteiger partial charge on any atom is 0.221 e. The fourth-order valence-electron chi connectivity index (χ4n) is 1.91. The molecule has 0 radical (unpaired) electrons. The van der Waals surface area contributed by atoms with Gasteiger partial charge in [0.2, 0.25) is 5.95 Å². The van der Waals surface area contributed by atoms with Crippen LogP contribution in [-0.2, 0) is 0 Å². The third-order valence-electron chi connectivity index (χ3n) is 2.88. The number of likely N-dealkylation sites (N-methyl/N-ethyl adjacent to an activating group) is 1. The summed E-state index contributed by atoms with van der Waals surface area (Å²) < 4.78 is 0. The predicted octanol–water partition coefficient (Wildman–Crippen LogP) is 0.199. The largest absolute Gasteiger partial charge is 0.368 e. The van der Waals surface area contributed by atoms with Crippen molar-refractivity contribution >= 4 is 11.8 Å². The molecule has 0 bridgehead atoms. The standard InChI is InChI=1S/C10H17N5/c1-14(2)8-4-6-15(7-8)9-3-5-12-10(11)13-9/h3,5,8H,4,6-7H2,1-2H3,(H2,11,12,13). The van der Waals surface area contributed by atoms with Gasteiger partial charge in [0.1, 0.15) is 5.82 Å². The molecule has 0 spiro atoms. The molecular formula is C10H17N5. The Morgan fingerprint density at radius 1 is 1.53 bits per heavy atom. The lowest BCUT2D eigenvalue weighted by atomic mass is 10.2. The number of nitrogens with two attached hydrogens (primary N) is 1. The van der Waals surface area contributed by atoms with E-state index >= 15 is 0 Å². The molecule has 1 aromatic heterocycles. The van der Waals surface area contributed by atoms with E-state index in [1.807, 2.05) is 6.07 Å². The molecule has 5 heteroatoms. The number of nitrogen functional groups attached to an aromatic ring is 1. The van der Waals surface area contributed by atoms with Crippen molar-refractivity contribution in [1.29, 1.82) is 0 Å². The van der Waals surface area contributed by atoms with E-state index in [0.29, 0.717) is 12.0 Å². The Bertz CT molecular complexity index is 338. The average molecular weight is 207 g/mol. The van der Waals surface area contributed by atoms with Crippen LogP contribution in [0.15, 0.2) is 12.3 Å². The SMILES string of the molecule is CN(C)C1CCN(c2ccnc(N)n2)C1. The molecule has 0 amide bonds. The number of aromatic nitrogens is 2. The molecule has 15 heavy (non-hydrogen) atoms. The molecule has 1 aliphatic rings. The van der Waals surface area contributed by atoms with Crippen molar-refractivity contribution in [3.05, 3.63) is 12.3 Å². The highest BCUT2D eigenvalue weighted by atomic mass is 15.3. The fraction of sp³-hybridized carbons (Fsp3) is 0.600. The first-order valence-electron chi connectivity index (χ1n) is 5.16. The van der Waals surface area contributed by atoms with E-state index in [4.69, 9.17) is 5.73 Å². The van der Waals surface area contributed by atoms with Crippen molar-refractivity contribution in [3.63, 3.8) is 0 Å². The zero-order chi connectivity index (χ0) is 10.8. The molecule has 0 aromatic carbocycles. The molecule has 0 saturated carbocycles. The van der Waals surface area contributed by atoms with Gasteiger partial charge in [-0.1, -0.05) is 0 Å². The van der Waals surface area contributed by atoms with Crippen LogP contribution in [0.5, 0.6) is 0 Å². The van der Waals surface area contributed by atoms with Crippen molar-refractivity contribution in [2.24, 2.45) is 0 Å². The van der Waals surface area contributed by atoms with Gasteiger partial charge in [0.05, 0.1) is 0 Å². The fourth-order valence-corrected chi connectivity index (χ4v) is 1.91. The summed E-state index contributed by atoms with van der Waals surface area (Å²) in [4.78, 5) is 12.6. The first-order chi connectivity index (χ1) is 7.16. The molecule has 1 unspecified atom stereocenters. The van der Waals surface area contributed by atoms with Gasteiger partial charge in [0.15, 0.2) is 0 Å². The van der Waals surface area contributed by atoms with Crippen LogP contribution in [0.2, 0.25) is 0 Å². The van der Waals surface area contributed by atoms with Crippen LogP contribution in [0.25, 0.3) is 0 Å². The number of hydrogen-bond donors (Lipinski definition) is 1. The van der Waals surface area contributed by atoms with E-state index in [9.17, 15) is 0 Å². The molecule has 82 valence electrons. The monoisotopic (exact) mass is 207 g/mol. The Morgan fingerprint density at radius 2 is 2.33 bits per heavy atom. The highest BCUT2D eigenvalue weighted by Gasteiger charge is 2.24. The van der Waals surface area contributed by atoms with Crippen molar-refractivity contribution in [2.45, 2.75) is 12.5 Å². The van der Waals surface area contributed by atoms with Crippen LogP contribution in [-0.4, -0.2) is 48.1 Å². The van der Waals surface area contributed by atoms with Crippen LogP contribution in [0.1, 0.15) is 6.42 Å². The van der Waals surface area contributed by atoms with Crippen LogP contribution in [0.3, 0.4) is 0 Å². The average Bonchev–Trinajstić information content (AvgIpc) is 2.66. The lowest BCUT2D eigenvalue weighted by molar-refractivity contribution is 0.315. The number of rotatable bonds is 2. The highest BCUT2D eigenvalue weighted by Crippen LogP contribution is 2.19. The molecule has 5 nitrogen and oxygen atoms in total. The van der Waals surface area contributed by atoms with Gasteiger partial charge < -0.3 is 15.5 Å². The lowest BCUT2D eigenvalue weighted by Crippen LogP contribution is -2.31. The second-order valence-electron chi connectivity index (χ2n) is 4.13. The zero-order valence-corrected chi connectivity index (χ0v) is 9.22. The van der Waals surface area contributed by atoms with Gasteiger partial charge in [0, 0.05) is 25.3 Å². The summed E-state index contributed by atoms with van der Waals surface area (Å²) in [6.45, 7) is 2.06. The minimum atomic E-state index is 0.348. The minimum Gasteiger partial charge on any atom is -0.368 e. The van der Waals surface area contributed by atoms with Gasteiger partial charge >= 0.3 is 0 Å². The summed E-state index contributed by atoms with van der Waals surface area (Å²) >= 11 is 0. The second-order valence-corrected chi connectivity index (χ2v) is 4.13. The Labute approximate surface area is 89.9 Å². The van der Waals surface area contributed by atoms with Gasteiger partial charge in [0.25, 0.3) is 0 Å². The Morgan fingerprint density at radius 3 is 2.93 bits per heavy atom. The highest BCUT2D eigenvalue weighted by molar-refractivity contribution is 5.42. The van der Waals surface area contributed by atoms with Gasteiger partial charge in [-0.25, -0.2) is 4.98 Å². The summed E-state index contributed by atoms with van der Waals surface area (Å²) in [5.74, 6) is 1.28. The van der Waals surface area contributed by atoms with E-state index in [0.717, 1.165) is 18.9 Å². The van der Waals surface area contributed by atoms with Gasteiger partial charge in [-0.2, -0.15) is 4.98 Å². The normalized spacial score (nSPS) is 21.3. The molecule has 2 rings (SSSR count). The third kappa shape index (κ3) is 2.18. The molecule has 1 aromatic rings. The number of anilines is 2. The van der Waals surface area contributed by atoms with Gasteiger partial charge in [-0.15, -0.1) is 0 Å². The van der Waals surface area contributed by atoms with Crippen LogP contribution in [0.4, 0.5) is 11.8 Å². The molecule has 2 heterocycles. The zero-order valence-electron chi connectivity index (χ0n) is 9.22. The Hall–Kier alpha value is -1.36. The summed E-state index contributed by atoms with van der Waals surface area (Å²) in [6, 6.07) is 2.52. The number of hydrogen-bond acceptors (Lipinski definition) is 5. The van der Waals surface area contributed by atoms with Crippen molar-refractivity contribution in [1.82, 2.24) is 14.9 Å². The Balaban J connectivity index is 2.08. The van der Waals surface area contributed by atoms with E-state index in [1.165, 1.54) is 6.42 Å². The summed E-state index contributed by atoms with van der Waals surface area (Å²) in [7, 11) is 4.23. The lowest BCUT2D eigenvalue weighted by Gasteiger charge is -2.20. The predicted molar refractivity (Wildman–Crippen MR) is 60.7 cm³/mol. The number of nitrogens with zero attached hydrogens (tertiary/aromatic N) is 4. The van der Waals surface area contributed by atoms with Crippen LogP contribution in [0, 0.1) is 0 Å². The molecule has 1 saturated heterocycles. The summed E-state index contributed by atoms with van der Waals surface area (Å²) in [5, 5.41) is 0. The molecule has 1 aliphatic heterocycles. The third-order valence-corrected chi connectivity index (χ3v) is 2.88. The first kappa shape index (κ1) is 10.2. The van der Waals surface area contributed by atoms with Crippen molar-refractivity contribution < 1.29 is 0 Å². The van der Waals surface area contributed by atoms with Crippen molar-refractivity contribution in [3.8, 4) is 0 Å². The van der Waals surface area contributed by atoms with E-state index in [-0.39, 0.29) is 0 Å².